The van der Waals surface area contributed by atoms with Gasteiger partial charge in [0.15, 0.2) is 5.16 Å². The van der Waals surface area contributed by atoms with Crippen LogP contribution in [0.25, 0.3) is 11.0 Å². The number of imidazole rings is 2. The van der Waals surface area contributed by atoms with E-state index in [1.807, 2.05) is 24.6 Å². The summed E-state index contributed by atoms with van der Waals surface area (Å²) in [6, 6.07) is 5.16. The van der Waals surface area contributed by atoms with Gasteiger partial charge >= 0.3 is 0 Å². The fourth-order valence-corrected chi connectivity index (χ4v) is 5.93. The van der Waals surface area contributed by atoms with E-state index in [2.05, 4.69) is 9.55 Å². The normalized spacial score (nSPS) is 16.0. The molecule has 3 aromatic rings. The zero-order valence-corrected chi connectivity index (χ0v) is 18.6. The molecular weight excluding hydrogens is 434 g/mol. The minimum atomic E-state index is -3.55. The first-order valence-corrected chi connectivity index (χ1v) is 12.1. The highest BCUT2D eigenvalue weighted by Crippen LogP contribution is 2.29. The number of fused-ring (bicyclic) bond motifs is 1. The van der Waals surface area contributed by atoms with Crippen molar-refractivity contribution in [2.45, 2.75) is 29.3 Å². The molecule has 3 heterocycles. The van der Waals surface area contributed by atoms with Crippen molar-refractivity contribution in [2.75, 3.05) is 26.3 Å². The molecule has 4 rings (SSSR count). The average molecular weight is 456 g/mol. The van der Waals surface area contributed by atoms with Gasteiger partial charge in [-0.05, 0) is 25.1 Å². The van der Waals surface area contributed by atoms with Gasteiger partial charge < -0.3 is 13.9 Å². The van der Waals surface area contributed by atoms with Crippen molar-refractivity contribution in [3.8, 4) is 0 Å². The molecule has 1 aliphatic rings. The Morgan fingerprint density at radius 3 is 2.69 bits per heavy atom. The summed E-state index contributed by atoms with van der Waals surface area (Å²) < 4.78 is 36.5. The van der Waals surface area contributed by atoms with Crippen LogP contribution in [-0.4, -0.2) is 58.1 Å². The van der Waals surface area contributed by atoms with E-state index in [-0.39, 0.29) is 4.90 Å². The highest BCUT2D eigenvalue weighted by Gasteiger charge is 2.27. The smallest absolute Gasteiger partial charge is 0.243 e. The van der Waals surface area contributed by atoms with Gasteiger partial charge in [-0.1, -0.05) is 23.4 Å². The van der Waals surface area contributed by atoms with Gasteiger partial charge in [0.05, 0.1) is 41.1 Å². The summed E-state index contributed by atoms with van der Waals surface area (Å²) in [5, 5.41) is 1.41. The second kappa shape index (κ2) is 8.27. The second-order valence-corrected chi connectivity index (χ2v) is 9.92. The van der Waals surface area contributed by atoms with Crippen LogP contribution in [0.3, 0.4) is 0 Å². The molecular formula is C18H22ClN5O3S2. The van der Waals surface area contributed by atoms with Crippen molar-refractivity contribution < 1.29 is 13.2 Å². The summed E-state index contributed by atoms with van der Waals surface area (Å²) in [7, 11) is -1.68. The number of nitrogens with zero attached hydrogens (tertiary/aromatic N) is 5. The molecule has 2 aromatic heterocycles. The fourth-order valence-electron chi connectivity index (χ4n) is 3.29. The van der Waals surface area contributed by atoms with Crippen molar-refractivity contribution in [1.29, 1.82) is 0 Å². The molecule has 29 heavy (non-hydrogen) atoms. The maximum Gasteiger partial charge on any atom is 0.243 e. The van der Waals surface area contributed by atoms with Crippen LogP contribution in [0.2, 0.25) is 5.15 Å². The van der Waals surface area contributed by atoms with Crippen LogP contribution in [0.4, 0.5) is 0 Å². The summed E-state index contributed by atoms with van der Waals surface area (Å²) in [5.41, 5.74) is 1.58. The van der Waals surface area contributed by atoms with Gasteiger partial charge in [-0.2, -0.15) is 4.31 Å². The van der Waals surface area contributed by atoms with Gasteiger partial charge in [0, 0.05) is 26.7 Å². The molecule has 156 valence electrons. The van der Waals surface area contributed by atoms with Gasteiger partial charge in [-0.3, -0.25) is 0 Å². The zero-order valence-electron chi connectivity index (χ0n) is 16.2. The molecule has 0 radical (unpaired) electrons. The Balaban J connectivity index is 1.64. The van der Waals surface area contributed by atoms with Gasteiger partial charge in [-0.15, -0.1) is 0 Å². The summed E-state index contributed by atoms with van der Waals surface area (Å²) in [5.74, 6) is 1.47. The Bertz CT molecular complexity index is 1140. The minimum absolute atomic E-state index is 0.264. The molecule has 0 N–H and O–H groups in total. The molecule has 1 fully saturated rings. The summed E-state index contributed by atoms with van der Waals surface area (Å²) in [6.07, 6.45) is 1.63. The fraction of sp³-hybridized carbons (Fsp3) is 0.444. The van der Waals surface area contributed by atoms with Crippen molar-refractivity contribution in [3.05, 3.63) is 35.4 Å². The molecule has 0 bridgehead atoms. The minimum Gasteiger partial charge on any atom is -0.379 e. The summed E-state index contributed by atoms with van der Waals surface area (Å²) in [4.78, 5) is 9.28. The Morgan fingerprint density at radius 2 is 2.03 bits per heavy atom. The number of hydrogen-bond donors (Lipinski definition) is 0. The number of hydrogen-bond acceptors (Lipinski definition) is 6. The van der Waals surface area contributed by atoms with Crippen LogP contribution < -0.4 is 0 Å². The number of thioether (sulfide) groups is 1. The number of benzene rings is 1. The van der Waals surface area contributed by atoms with Crippen LogP contribution in [0.1, 0.15) is 12.7 Å². The molecule has 0 unspecified atom stereocenters. The quantitative estimate of drug-likeness (QED) is 0.531. The third-order valence-corrected chi connectivity index (χ3v) is 8.18. The van der Waals surface area contributed by atoms with Gasteiger partial charge in [0.2, 0.25) is 10.0 Å². The van der Waals surface area contributed by atoms with E-state index in [0.29, 0.717) is 42.7 Å². The standard InChI is InChI=1S/C18H22ClN5O3S2/c1-3-24-15-5-4-13(29(25,26)23-6-8-27-9-7-23)10-14(15)21-18(24)28-12-17-20-11-16(19)22(17)2/h4-5,10-11H,3,6-9,12H2,1-2H3. The third kappa shape index (κ3) is 3.91. The molecule has 1 aliphatic heterocycles. The van der Waals surface area contributed by atoms with Crippen LogP contribution in [0.15, 0.2) is 34.4 Å². The molecule has 0 atom stereocenters. The Kier molecular flexibility index (Phi) is 5.90. The number of sulfonamides is 1. The Morgan fingerprint density at radius 1 is 1.28 bits per heavy atom. The van der Waals surface area contributed by atoms with E-state index in [9.17, 15) is 8.42 Å². The summed E-state index contributed by atoms with van der Waals surface area (Å²) >= 11 is 7.61. The van der Waals surface area contributed by atoms with Gasteiger partial charge in [0.1, 0.15) is 11.0 Å². The maximum atomic E-state index is 12.9. The number of aromatic nitrogens is 4. The maximum absolute atomic E-state index is 12.9. The van der Waals surface area contributed by atoms with Crippen molar-refractivity contribution in [1.82, 2.24) is 23.4 Å². The molecule has 1 saturated heterocycles. The van der Waals surface area contributed by atoms with Crippen LogP contribution in [0.5, 0.6) is 0 Å². The van der Waals surface area contributed by atoms with Crippen molar-refractivity contribution in [2.24, 2.45) is 7.05 Å². The lowest BCUT2D eigenvalue weighted by atomic mass is 10.3. The third-order valence-electron chi connectivity index (χ3n) is 4.97. The van der Waals surface area contributed by atoms with E-state index >= 15 is 0 Å². The first kappa shape index (κ1) is 20.7. The van der Waals surface area contributed by atoms with Crippen molar-refractivity contribution in [3.63, 3.8) is 0 Å². The lowest BCUT2D eigenvalue weighted by Crippen LogP contribution is -2.40. The number of halogens is 1. The molecule has 0 saturated carbocycles. The topological polar surface area (TPSA) is 82.2 Å². The largest absolute Gasteiger partial charge is 0.379 e. The lowest BCUT2D eigenvalue weighted by Gasteiger charge is -2.26. The van der Waals surface area contributed by atoms with E-state index < -0.39 is 10.0 Å². The number of rotatable bonds is 6. The number of morpholine rings is 1. The average Bonchev–Trinajstić information content (AvgIpc) is 3.25. The van der Waals surface area contributed by atoms with Gasteiger partial charge in [0.25, 0.3) is 0 Å². The SMILES string of the molecule is CCn1c(SCc2ncc(Cl)n2C)nc2cc(S(=O)(=O)N3CCOCC3)ccc21. The molecule has 0 amide bonds. The van der Waals surface area contributed by atoms with Crippen LogP contribution in [-0.2, 0) is 34.1 Å². The summed E-state index contributed by atoms with van der Waals surface area (Å²) in [6.45, 7) is 4.36. The predicted octanol–water partition coefficient (Wildman–Crippen LogP) is 2.76. The highest BCUT2D eigenvalue weighted by atomic mass is 35.5. The zero-order chi connectivity index (χ0) is 20.6. The van der Waals surface area contributed by atoms with Crippen LogP contribution >= 0.6 is 23.4 Å². The number of aryl methyl sites for hydroxylation is 1. The van der Waals surface area contributed by atoms with Crippen LogP contribution in [0, 0.1) is 0 Å². The monoisotopic (exact) mass is 455 g/mol. The van der Waals surface area contributed by atoms with Gasteiger partial charge in [-0.25, -0.2) is 18.4 Å². The van der Waals surface area contributed by atoms with E-state index in [0.717, 1.165) is 23.0 Å². The molecule has 11 heteroatoms. The first-order chi connectivity index (χ1) is 13.9. The molecule has 8 nitrogen and oxygen atoms in total. The lowest BCUT2D eigenvalue weighted by molar-refractivity contribution is 0.0730. The molecule has 0 spiro atoms. The van der Waals surface area contributed by atoms with E-state index in [4.69, 9.17) is 21.3 Å². The number of ether oxygens (including phenoxy) is 1. The highest BCUT2D eigenvalue weighted by molar-refractivity contribution is 7.98. The first-order valence-electron chi connectivity index (χ1n) is 9.29. The molecule has 0 aliphatic carbocycles. The molecule has 1 aromatic carbocycles. The Labute approximate surface area is 178 Å². The van der Waals surface area contributed by atoms with E-state index in [1.54, 1.807) is 30.1 Å². The predicted molar refractivity (Wildman–Crippen MR) is 113 cm³/mol. The van der Waals surface area contributed by atoms with Crippen molar-refractivity contribution >= 4 is 44.4 Å². The Hall–Kier alpha value is -1.59. The van der Waals surface area contributed by atoms with E-state index in [1.165, 1.54) is 4.31 Å². The second-order valence-electron chi connectivity index (χ2n) is 6.65.